The Kier molecular flexibility index (Phi) is 5.73. The van der Waals surface area contributed by atoms with Crippen molar-refractivity contribution in [3.63, 3.8) is 0 Å². The summed E-state index contributed by atoms with van der Waals surface area (Å²) in [6.07, 6.45) is 18.9. The van der Waals surface area contributed by atoms with E-state index in [0.717, 1.165) is 5.92 Å². The highest BCUT2D eigenvalue weighted by atomic mass is 14.3. The average Bonchev–Trinajstić information content (AvgIpc) is 3.04. The largest absolute Gasteiger partial charge is 0.117 e. The summed E-state index contributed by atoms with van der Waals surface area (Å²) in [5.74, 6) is 0.955. The Labute approximate surface area is 119 Å². The van der Waals surface area contributed by atoms with Crippen LogP contribution in [0.5, 0.6) is 0 Å². The van der Waals surface area contributed by atoms with E-state index in [4.69, 9.17) is 0 Å². The molecule has 0 aromatic rings. The first-order valence-corrected chi connectivity index (χ1v) is 8.14. The van der Waals surface area contributed by atoms with E-state index in [2.05, 4.69) is 37.8 Å². The van der Waals surface area contributed by atoms with Gasteiger partial charge in [0.1, 0.15) is 0 Å². The van der Waals surface area contributed by atoms with Gasteiger partial charge in [-0.25, -0.2) is 0 Å². The number of unbranched alkanes of at least 4 members (excludes halogenated alkanes) is 4. The average molecular weight is 256 g/mol. The first kappa shape index (κ1) is 14.4. The first-order chi connectivity index (χ1) is 9.35. The van der Waals surface area contributed by atoms with Crippen LogP contribution < -0.4 is 0 Å². The lowest BCUT2D eigenvalue weighted by Crippen LogP contribution is -1.95. The van der Waals surface area contributed by atoms with Gasteiger partial charge >= 0.3 is 0 Å². The van der Waals surface area contributed by atoms with Crippen LogP contribution in [0.15, 0.2) is 40.7 Å². The fraction of sp³-hybridized carbons (Fsp3) is 0.632. The summed E-state index contributed by atoms with van der Waals surface area (Å²) >= 11 is 0. The third-order valence-electron chi connectivity index (χ3n) is 4.44. The smallest absolute Gasteiger partial charge is 0.0189 e. The molecule has 0 aromatic heterocycles. The summed E-state index contributed by atoms with van der Waals surface area (Å²) in [4.78, 5) is 0. The Bertz CT molecular complexity index is 413. The molecule has 1 saturated carbocycles. The summed E-state index contributed by atoms with van der Waals surface area (Å²) in [7, 11) is 0. The molecule has 0 saturated heterocycles. The van der Waals surface area contributed by atoms with Crippen molar-refractivity contribution in [3.8, 4) is 0 Å². The molecule has 2 aliphatic rings. The Balaban J connectivity index is 1.91. The second-order valence-corrected chi connectivity index (χ2v) is 5.99. The zero-order chi connectivity index (χ0) is 13.5. The normalized spacial score (nSPS) is 21.3. The van der Waals surface area contributed by atoms with Gasteiger partial charge in [0.05, 0.1) is 0 Å². The summed E-state index contributed by atoms with van der Waals surface area (Å²) in [6.45, 7) is 4.35. The highest BCUT2D eigenvalue weighted by Crippen LogP contribution is 2.46. The number of hydrogen-bond acceptors (Lipinski definition) is 0. The molecule has 0 heteroatoms. The summed E-state index contributed by atoms with van der Waals surface area (Å²) in [5, 5.41) is 0. The van der Waals surface area contributed by atoms with Gasteiger partial charge in [0, 0.05) is 5.57 Å². The third-order valence-corrected chi connectivity index (χ3v) is 4.44. The van der Waals surface area contributed by atoms with Gasteiger partial charge in [0.25, 0.3) is 0 Å². The van der Waals surface area contributed by atoms with Gasteiger partial charge in [-0.15, -0.1) is 5.73 Å². The van der Waals surface area contributed by atoms with E-state index in [1.807, 2.05) is 0 Å². The minimum absolute atomic E-state index is 0.955. The highest BCUT2D eigenvalue weighted by Gasteiger charge is 2.30. The van der Waals surface area contributed by atoms with E-state index in [9.17, 15) is 0 Å². The van der Waals surface area contributed by atoms with E-state index in [1.165, 1.54) is 63.4 Å². The van der Waals surface area contributed by atoms with E-state index in [0.29, 0.717) is 0 Å². The molecule has 2 bridgehead atoms. The standard InChI is InChI=1S/C19H28/c1-3-5-6-7-8-9-11-17(10-4-2)19-15-16-12-13-18(19)14-16/h4,9,11,16H,3,5-8,12-15H2,1-2H3. The zero-order valence-electron chi connectivity index (χ0n) is 12.7. The predicted octanol–water partition coefficient (Wildman–Crippen LogP) is 6.11. The molecule has 1 atom stereocenters. The van der Waals surface area contributed by atoms with Crippen molar-refractivity contribution < 1.29 is 0 Å². The fourth-order valence-corrected chi connectivity index (χ4v) is 3.39. The third kappa shape index (κ3) is 3.98. The SMILES string of the molecule is CC=C=C(C=CCCCCCC)C1=C2CCC(C2)C1. The topological polar surface area (TPSA) is 0 Å². The number of rotatable bonds is 7. The maximum atomic E-state index is 3.46. The minimum Gasteiger partial charge on any atom is -0.117 e. The van der Waals surface area contributed by atoms with Crippen molar-refractivity contribution >= 4 is 0 Å². The Morgan fingerprint density at radius 3 is 2.79 bits per heavy atom. The molecular formula is C19H28. The van der Waals surface area contributed by atoms with E-state index in [1.54, 1.807) is 11.1 Å². The summed E-state index contributed by atoms with van der Waals surface area (Å²) in [6, 6.07) is 0. The van der Waals surface area contributed by atoms with Gasteiger partial charge in [-0.2, -0.15) is 0 Å². The monoisotopic (exact) mass is 256 g/mol. The maximum absolute atomic E-state index is 3.46. The Morgan fingerprint density at radius 1 is 1.26 bits per heavy atom. The van der Waals surface area contributed by atoms with E-state index in [-0.39, 0.29) is 0 Å². The molecule has 0 N–H and O–H groups in total. The van der Waals surface area contributed by atoms with E-state index < -0.39 is 0 Å². The minimum atomic E-state index is 0.955. The Hall–Kier alpha value is -1.00. The molecule has 0 nitrogen and oxygen atoms in total. The van der Waals surface area contributed by atoms with Gasteiger partial charge in [0.2, 0.25) is 0 Å². The molecule has 0 aromatic carbocycles. The summed E-state index contributed by atoms with van der Waals surface area (Å²) in [5.41, 5.74) is 8.18. The molecule has 104 valence electrons. The van der Waals surface area contributed by atoms with Gasteiger partial charge in [-0.05, 0) is 63.0 Å². The van der Waals surface area contributed by atoms with Crippen LogP contribution in [0.1, 0.15) is 71.6 Å². The molecule has 2 aliphatic carbocycles. The second kappa shape index (κ2) is 7.56. The number of hydrogen-bond donors (Lipinski definition) is 0. The fourth-order valence-electron chi connectivity index (χ4n) is 3.39. The zero-order valence-corrected chi connectivity index (χ0v) is 12.7. The molecule has 19 heavy (non-hydrogen) atoms. The van der Waals surface area contributed by atoms with Crippen LogP contribution >= 0.6 is 0 Å². The van der Waals surface area contributed by atoms with E-state index >= 15 is 0 Å². The van der Waals surface area contributed by atoms with Crippen LogP contribution in [0.4, 0.5) is 0 Å². The van der Waals surface area contributed by atoms with Gasteiger partial charge in [0.15, 0.2) is 0 Å². The quantitative estimate of drug-likeness (QED) is 0.292. The number of allylic oxidation sites excluding steroid dienone is 5. The van der Waals surface area contributed by atoms with Gasteiger partial charge in [-0.3, -0.25) is 0 Å². The van der Waals surface area contributed by atoms with Crippen molar-refractivity contribution in [2.75, 3.05) is 0 Å². The lowest BCUT2D eigenvalue weighted by Gasteiger charge is -2.11. The number of fused-ring (bicyclic) bond motifs is 2. The highest BCUT2D eigenvalue weighted by molar-refractivity contribution is 5.46. The lowest BCUT2D eigenvalue weighted by atomic mass is 9.93. The van der Waals surface area contributed by atoms with Crippen LogP contribution in [0.25, 0.3) is 0 Å². The van der Waals surface area contributed by atoms with Crippen molar-refractivity contribution in [3.05, 3.63) is 40.7 Å². The molecule has 0 spiro atoms. The molecule has 0 amide bonds. The molecule has 2 rings (SSSR count). The second-order valence-electron chi connectivity index (χ2n) is 5.99. The van der Waals surface area contributed by atoms with Crippen molar-refractivity contribution in [2.24, 2.45) is 5.92 Å². The van der Waals surface area contributed by atoms with Gasteiger partial charge in [-0.1, -0.05) is 43.9 Å². The van der Waals surface area contributed by atoms with Crippen LogP contribution in [0.3, 0.4) is 0 Å². The van der Waals surface area contributed by atoms with Gasteiger partial charge < -0.3 is 0 Å². The van der Waals surface area contributed by atoms with Crippen molar-refractivity contribution in [1.29, 1.82) is 0 Å². The molecular weight excluding hydrogens is 228 g/mol. The molecule has 0 heterocycles. The van der Waals surface area contributed by atoms with Crippen LogP contribution in [0, 0.1) is 5.92 Å². The van der Waals surface area contributed by atoms with Crippen LogP contribution in [-0.2, 0) is 0 Å². The molecule has 0 aliphatic heterocycles. The summed E-state index contributed by atoms with van der Waals surface area (Å²) < 4.78 is 0. The van der Waals surface area contributed by atoms with Crippen molar-refractivity contribution in [1.82, 2.24) is 0 Å². The first-order valence-electron chi connectivity index (χ1n) is 8.14. The molecule has 0 radical (unpaired) electrons. The lowest BCUT2D eigenvalue weighted by molar-refractivity contribution is 0.566. The maximum Gasteiger partial charge on any atom is 0.0189 e. The molecule has 1 fully saturated rings. The van der Waals surface area contributed by atoms with Crippen molar-refractivity contribution in [2.45, 2.75) is 71.6 Å². The van der Waals surface area contributed by atoms with Crippen LogP contribution in [-0.4, -0.2) is 0 Å². The molecule has 1 unspecified atom stereocenters. The Morgan fingerprint density at radius 2 is 2.16 bits per heavy atom. The van der Waals surface area contributed by atoms with Crippen LogP contribution in [0.2, 0.25) is 0 Å². The predicted molar refractivity (Wildman–Crippen MR) is 84.2 cm³/mol.